The Balaban J connectivity index is 1.74. The predicted octanol–water partition coefficient (Wildman–Crippen LogP) is 4.97. The summed E-state index contributed by atoms with van der Waals surface area (Å²) in [4.78, 5) is 39.7. The number of anilines is 1. The van der Waals surface area contributed by atoms with Gasteiger partial charge in [-0.3, -0.25) is 14.9 Å². The van der Waals surface area contributed by atoms with Gasteiger partial charge < -0.3 is 19.5 Å². The monoisotopic (exact) mass is 464 g/mol. The van der Waals surface area contributed by atoms with E-state index >= 15 is 0 Å². The molecule has 0 radical (unpaired) electrons. The van der Waals surface area contributed by atoms with Gasteiger partial charge in [-0.05, 0) is 50.6 Å². The Labute approximate surface area is 198 Å². The third-order valence-corrected chi connectivity index (χ3v) is 5.23. The molecule has 9 nitrogen and oxygen atoms in total. The van der Waals surface area contributed by atoms with Gasteiger partial charge in [0, 0.05) is 30.4 Å². The molecule has 34 heavy (non-hydrogen) atoms. The van der Waals surface area contributed by atoms with Gasteiger partial charge in [0.25, 0.3) is 5.69 Å². The summed E-state index contributed by atoms with van der Waals surface area (Å²) in [5.41, 5.74) is 1.30. The van der Waals surface area contributed by atoms with E-state index < -0.39 is 11.0 Å². The molecule has 0 aliphatic carbocycles. The van der Waals surface area contributed by atoms with E-state index in [1.165, 1.54) is 29.2 Å². The van der Waals surface area contributed by atoms with Gasteiger partial charge in [-0.25, -0.2) is 4.79 Å². The van der Waals surface area contributed by atoms with Crippen LogP contribution < -0.4 is 5.32 Å². The number of nitrogens with one attached hydrogen (secondary N) is 1. The lowest BCUT2D eigenvalue weighted by molar-refractivity contribution is -0.384. The summed E-state index contributed by atoms with van der Waals surface area (Å²) < 4.78 is 5.67. The first kappa shape index (κ1) is 24.5. The summed E-state index contributed by atoms with van der Waals surface area (Å²) in [6.45, 7) is 5.99. The number of hydrogen-bond acceptors (Lipinski definition) is 5. The molecular formula is C25H28N4O5. The average molecular weight is 465 g/mol. The first-order valence-corrected chi connectivity index (χ1v) is 10.9. The number of carbonyl (C=O) groups is 2. The number of rotatable bonds is 9. The van der Waals surface area contributed by atoms with E-state index in [9.17, 15) is 19.7 Å². The van der Waals surface area contributed by atoms with Crippen LogP contribution in [0.1, 0.15) is 30.9 Å². The van der Waals surface area contributed by atoms with Crippen LogP contribution >= 0.6 is 0 Å². The number of hydrogen-bond donors (Lipinski definition) is 1. The molecule has 2 aromatic carbocycles. The third kappa shape index (κ3) is 6.68. The van der Waals surface area contributed by atoms with Gasteiger partial charge in [0.2, 0.25) is 5.91 Å². The van der Waals surface area contributed by atoms with Crippen LogP contribution in [-0.4, -0.2) is 39.2 Å². The molecule has 0 saturated heterocycles. The normalized spacial score (nSPS) is 10.7. The SMILES string of the molecule is Cc1ccc(CN(Cc2ccccc2)C(=O)CN(C(=O)Nc2ccc([N+](=O)[O-])cc2)C(C)C)o1. The second kappa shape index (κ2) is 11.1. The Bertz CT molecular complexity index is 1130. The largest absolute Gasteiger partial charge is 0.464 e. The minimum absolute atomic E-state index is 0.0707. The fourth-order valence-corrected chi connectivity index (χ4v) is 3.39. The molecule has 9 heteroatoms. The van der Waals surface area contributed by atoms with Crippen molar-refractivity contribution in [3.8, 4) is 0 Å². The molecule has 1 N–H and O–H groups in total. The van der Waals surface area contributed by atoms with Crippen molar-refractivity contribution in [1.82, 2.24) is 9.80 Å². The Morgan fingerprint density at radius 3 is 2.24 bits per heavy atom. The summed E-state index contributed by atoms with van der Waals surface area (Å²) in [7, 11) is 0. The quantitative estimate of drug-likeness (QED) is 0.355. The summed E-state index contributed by atoms with van der Waals surface area (Å²) in [5, 5.41) is 13.6. The smallest absolute Gasteiger partial charge is 0.322 e. The maximum Gasteiger partial charge on any atom is 0.322 e. The zero-order valence-corrected chi connectivity index (χ0v) is 19.4. The van der Waals surface area contributed by atoms with Gasteiger partial charge in [0.05, 0.1) is 11.5 Å². The minimum Gasteiger partial charge on any atom is -0.464 e. The van der Waals surface area contributed by atoms with Crippen LogP contribution in [0.5, 0.6) is 0 Å². The predicted molar refractivity (Wildman–Crippen MR) is 128 cm³/mol. The number of carbonyl (C=O) groups excluding carboxylic acids is 2. The maximum atomic E-state index is 13.3. The van der Waals surface area contributed by atoms with Crippen molar-refractivity contribution in [1.29, 1.82) is 0 Å². The van der Waals surface area contributed by atoms with E-state index in [2.05, 4.69) is 5.32 Å². The molecule has 0 aliphatic rings. The molecule has 0 fully saturated rings. The number of nitro benzene ring substituents is 1. The van der Waals surface area contributed by atoms with Crippen molar-refractivity contribution in [3.63, 3.8) is 0 Å². The third-order valence-electron chi connectivity index (χ3n) is 5.23. The highest BCUT2D eigenvalue weighted by Crippen LogP contribution is 2.17. The number of nitro groups is 1. The number of amides is 3. The summed E-state index contributed by atoms with van der Waals surface area (Å²) in [6.07, 6.45) is 0. The minimum atomic E-state index is -0.507. The number of aryl methyl sites for hydroxylation is 1. The highest BCUT2D eigenvalue weighted by molar-refractivity contribution is 5.92. The number of nitrogens with zero attached hydrogens (tertiary/aromatic N) is 3. The fraction of sp³-hybridized carbons (Fsp3) is 0.280. The van der Waals surface area contributed by atoms with Crippen molar-refractivity contribution >= 4 is 23.3 Å². The van der Waals surface area contributed by atoms with E-state index in [1.54, 1.807) is 4.90 Å². The molecule has 178 valence electrons. The van der Waals surface area contributed by atoms with E-state index in [0.717, 1.165) is 11.3 Å². The molecule has 0 atom stereocenters. The van der Waals surface area contributed by atoms with Gasteiger partial charge >= 0.3 is 6.03 Å². The molecule has 1 heterocycles. The lowest BCUT2D eigenvalue weighted by Gasteiger charge is -2.30. The zero-order valence-electron chi connectivity index (χ0n) is 19.4. The van der Waals surface area contributed by atoms with Crippen molar-refractivity contribution in [2.45, 2.75) is 39.9 Å². The molecule has 3 amide bonds. The van der Waals surface area contributed by atoms with Gasteiger partial charge in [0.1, 0.15) is 18.1 Å². The topological polar surface area (TPSA) is 109 Å². The first-order chi connectivity index (χ1) is 16.2. The molecule has 0 aliphatic heterocycles. The van der Waals surface area contributed by atoms with Crippen LogP contribution in [0, 0.1) is 17.0 Å². The van der Waals surface area contributed by atoms with Crippen LogP contribution in [0.25, 0.3) is 0 Å². The second-order valence-corrected chi connectivity index (χ2v) is 8.20. The van der Waals surface area contributed by atoms with E-state index in [-0.39, 0.29) is 30.7 Å². The van der Waals surface area contributed by atoms with E-state index in [1.807, 2.05) is 63.2 Å². The fourth-order valence-electron chi connectivity index (χ4n) is 3.39. The maximum absolute atomic E-state index is 13.3. The van der Waals surface area contributed by atoms with E-state index in [4.69, 9.17) is 4.42 Å². The van der Waals surface area contributed by atoms with E-state index in [0.29, 0.717) is 18.0 Å². The summed E-state index contributed by atoms with van der Waals surface area (Å²) in [6, 6.07) is 18.1. The van der Waals surface area contributed by atoms with Crippen molar-refractivity contribution in [2.75, 3.05) is 11.9 Å². The Kier molecular flexibility index (Phi) is 8.02. The summed E-state index contributed by atoms with van der Waals surface area (Å²) >= 11 is 0. The molecule has 3 rings (SSSR count). The lowest BCUT2D eigenvalue weighted by atomic mass is 10.2. The van der Waals surface area contributed by atoms with Crippen LogP contribution in [0.2, 0.25) is 0 Å². The highest BCUT2D eigenvalue weighted by atomic mass is 16.6. The molecule has 0 unspecified atom stereocenters. The van der Waals surface area contributed by atoms with Gasteiger partial charge in [-0.2, -0.15) is 0 Å². The molecule has 3 aromatic rings. The molecular weight excluding hydrogens is 436 g/mol. The Morgan fingerprint density at radius 1 is 1.00 bits per heavy atom. The van der Waals surface area contributed by atoms with Gasteiger partial charge in [0.15, 0.2) is 0 Å². The lowest BCUT2D eigenvalue weighted by Crippen LogP contribution is -2.47. The second-order valence-electron chi connectivity index (χ2n) is 8.20. The zero-order chi connectivity index (χ0) is 24.7. The molecule has 0 spiro atoms. The van der Waals surface area contributed by atoms with Crippen molar-refractivity contribution < 1.29 is 18.9 Å². The van der Waals surface area contributed by atoms with Crippen molar-refractivity contribution in [2.24, 2.45) is 0 Å². The molecule has 0 saturated carbocycles. The van der Waals surface area contributed by atoms with Crippen LogP contribution in [0.15, 0.2) is 71.1 Å². The van der Waals surface area contributed by atoms with Gasteiger partial charge in [-0.1, -0.05) is 30.3 Å². The van der Waals surface area contributed by atoms with Crippen LogP contribution in [-0.2, 0) is 17.9 Å². The standard InChI is InChI=1S/C25H28N4O5/c1-18(2)28(25(31)26-21-10-12-22(13-11-21)29(32)33)17-24(30)27(15-20-7-5-4-6-8-20)16-23-14-9-19(3)34-23/h4-14,18H,15-17H2,1-3H3,(H,26,31). The summed E-state index contributed by atoms with van der Waals surface area (Å²) in [5.74, 6) is 1.19. The van der Waals surface area contributed by atoms with Crippen LogP contribution in [0.4, 0.5) is 16.2 Å². The number of urea groups is 1. The molecule has 0 bridgehead atoms. The van der Waals surface area contributed by atoms with Crippen molar-refractivity contribution in [3.05, 3.63) is 93.9 Å². The highest BCUT2D eigenvalue weighted by Gasteiger charge is 2.25. The molecule has 1 aromatic heterocycles. The first-order valence-electron chi connectivity index (χ1n) is 10.9. The number of benzene rings is 2. The van der Waals surface area contributed by atoms with Gasteiger partial charge in [-0.15, -0.1) is 0 Å². The Morgan fingerprint density at radius 2 is 1.68 bits per heavy atom. The Hall–Kier alpha value is -4.14. The number of furan rings is 1. The van der Waals surface area contributed by atoms with Crippen LogP contribution in [0.3, 0.4) is 0 Å². The average Bonchev–Trinajstić information content (AvgIpc) is 3.22. The number of non-ortho nitro benzene ring substituents is 1.